The summed E-state index contributed by atoms with van der Waals surface area (Å²) in [7, 11) is -6.88. The lowest BCUT2D eigenvalue weighted by Gasteiger charge is -2.10. The highest BCUT2D eigenvalue weighted by atomic mass is 32.2. The van der Waals surface area contributed by atoms with Crippen molar-refractivity contribution in [1.82, 2.24) is 5.32 Å². The number of hydrogen-bond donors (Lipinski definition) is 2. The average Bonchev–Trinajstić information content (AvgIpc) is 2.64. The van der Waals surface area contributed by atoms with Gasteiger partial charge in [0.2, 0.25) is 0 Å². The zero-order valence-corrected chi connectivity index (χ0v) is 17.7. The molecule has 0 aliphatic heterocycles. The Balaban J connectivity index is 2.03. The third kappa shape index (κ3) is 5.80. The normalized spacial score (nSPS) is 11.8. The van der Waals surface area contributed by atoms with E-state index in [1.165, 1.54) is 30.3 Å². The van der Waals surface area contributed by atoms with Crippen molar-refractivity contribution in [2.24, 2.45) is 0 Å². The van der Waals surface area contributed by atoms with Crippen LogP contribution in [0.4, 0.5) is 5.69 Å². The predicted molar refractivity (Wildman–Crippen MR) is 110 cm³/mol. The molecule has 0 saturated heterocycles. The molecule has 2 rings (SSSR count). The van der Waals surface area contributed by atoms with Gasteiger partial charge in [-0.15, -0.1) is 0 Å². The molecular weight excluding hydrogens is 400 g/mol. The Kier molecular flexibility index (Phi) is 6.84. The molecule has 0 radical (unpaired) electrons. The van der Waals surface area contributed by atoms with Crippen LogP contribution >= 0.6 is 0 Å². The van der Waals surface area contributed by atoms with E-state index in [4.69, 9.17) is 0 Å². The monoisotopic (exact) mass is 424 g/mol. The van der Waals surface area contributed by atoms with Crippen LogP contribution in [0.2, 0.25) is 0 Å². The second-order valence-corrected chi connectivity index (χ2v) is 10.6. The Labute approximate surface area is 166 Å². The topological polar surface area (TPSA) is 109 Å². The molecule has 7 nitrogen and oxygen atoms in total. The van der Waals surface area contributed by atoms with Crippen LogP contribution < -0.4 is 10.0 Å². The largest absolute Gasteiger partial charge is 0.351 e. The zero-order chi connectivity index (χ0) is 20.9. The Morgan fingerprint density at radius 1 is 0.929 bits per heavy atom. The van der Waals surface area contributed by atoms with Crippen LogP contribution in [0.25, 0.3) is 0 Å². The Morgan fingerprint density at radius 2 is 1.57 bits per heavy atom. The molecule has 2 N–H and O–H groups in total. The van der Waals surface area contributed by atoms with Crippen LogP contribution in [0.1, 0.15) is 28.4 Å². The maximum atomic E-state index is 12.5. The maximum absolute atomic E-state index is 12.5. The van der Waals surface area contributed by atoms with Gasteiger partial charge >= 0.3 is 0 Å². The number of rotatable bonds is 8. The second kappa shape index (κ2) is 8.74. The van der Waals surface area contributed by atoms with Crippen molar-refractivity contribution in [3.63, 3.8) is 0 Å². The third-order valence-corrected chi connectivity index (χ3v) is 7.41. The van der Waals surface area contributed by atoms with Crippen molar-refractivity contribution in [2.75, 3.05) is 22.8 Å². The first-order chi connectivity index (χ1) is 13.0. The molecule has 0 atom stereocenters. The van der Waals surface area contributed by atoms with Crippen molar-refractivity contribution >= 4 is 31.5 Å². The molecule has 2 aromatic rings. The highest BCUT2D eigenvalue weighted by Crippen LogP contribution is 2.19. The first-order valence-corrected chi connectivity index (χ1v) is 12.0. The minimum absolute atomic E-state index is 0.0240. The smallest absolute Gasteiger partial charge is 0.261 e. The van der Waals surface area contributed by atoms with Crippen LogP contribution in [-0.2, 0) is 19.9 Å². The van der Waals surface area contributed by atoms with Gasteiger partial charge in [0.25, 0.3) is 15.9 Å². The van der Waals surface area contributed by atoms with E-state index >= 15 is 0 Å². The summed E-state index contributed by atoms with van der Waals surface area (Å²) in [6, 6.07) is 10.8. The summed E-state index contributed by atoms with van der Waals surface area (Å²) in [6.07, 6.45) is 0. The Bertz CT molecular complexity index is 1060. The molecule has 0 aliphatic rings. The van der Waals surface area contributed by atoms with Crippen LogP contribution in [0.15, 0.2) is 47.4 Å². The molecule has 0 saturated carbocycles. The lowest BCUT2D eigenvalue weighted by molar-refractivity contribution is 0.0956. The van der Waals surface area contributed by atoms with Gasteiger partial charge in [0.15, 0.2) is 9.84 Å². The van der Waals surface area contributed by atoms with Crippen molar-refractivity contribution in [3.8, 4) is 0 Å². The molecular formula is C19H24N2O5S2. The van der Waals surface area contributed by atoms with E-state index in [2.05, 4.69) is 10.0 Å². The summed E-state index contributed by atoms with van der Waals surface area (Å²) in [4.78, 5) is 12.2. The van der Waals surface area contributed by atoms with E-state index in [0.29, 0.717) is 11.3 Å². The van der Waals surface area contributed by atoms with E-state index in [1.54, 1.807) is 19.1 Å². The van der Waals surface area contributed by atoms with Gasteiger partial charge in [-0.1, -0.05) is 13.0 Å². The summed E-state index contributed by atoms with van der Waals surface area (Å²) >= 11 is 0. The van der Waals surface area contributed by atoms with Crippen molar-refractivity contribution in [2.45, 2.75) is 25.7 Å². The van der Waals surface area contributed by atoms with Gasteiger partial charge in [0.05, 0.1) is 10.6 Å². The zero-order valence-electron chi connectivity index (χ0n) is 16.0. The van der Waals surface area contributed by atoms with Gasteiger partial charge < -0.3 is 5.32 Å². The van der Waals surface area contributed by atoms with Gasteiger partial charge in [-0.05, 0) is 61.4 Å². The number of carbonyl (C=O) groups is 1. The maximum Gasteiger partial charge on any atom is 0.261 e. The highest BCUT2D eigenvalue weighted by Gasteiger charge is 2.15. The van der Waals surface area contributed by atoms with Gasteiger partial charge in [0.1, 0.15) is 0 Å². The summed E-state index contributed by atoms with van der Waals surface area (Å²) in [6.45, 7) is 5.32. The molecule has 0 unspecified atom stereocenters. The number of anilines is 1. The fourth-order valence-corrected chi connectivity index (χ4v) is 4.20. The molecule has 152 valence electrons. The number of amides is 1. The quantitative estimate of drug-likeness (QED) is 0.676. The van der Waals surface area contributed by atoms with Gasteiger partial charge in [-0.25, -0.2) is 16.8 Å². The van der Waals surface area contributed by atoms with Crippen LogP contribution in [-0.4, -0.2) is 40.8 Å². The number of sulfone groups is 1. The second-order valence-electron chi connectivity index (χ2n) is 6.42. The minimum Gasteiger partial charge on any atom is -0.351 e. The Morgan fingerprint density at radius 3 is 2.14 bits per heavy atom. The predicted octanol–water partition coefficient (Wildman–Crippen LogP) is 2.27. The third-order valence-electron chi connectivity index (χ3n) is 4.33. The number of carbonyl (C=O) groups excluding carboxylic acids is 1. The number of nitrogens with one attached hydrogen (secondary N) is 2. The molecule has 1 amide bonds. The molecule has 9 heteroatoms. The van der Waals surface area contributed by atoms with Gasteiger partial charge in [0, 0.05) is 23.5 Å². The summed E-state index contributed by atoms with van der Waals surface area (Å²) < 4.78 is 50.4. The summed E-state index contributed by atoms with van der Waals surface area (Å²) in [5.74, 6) is -0.517. The van der Waals surface area contributed by atoms with Crippen molar-refractivity contribution < 1.29 is 21.6 Å². The molecule has 2 aromatic carbocycles. The van der Waals surface area contributed by atoms with Crippen LogP contribution in [0.5, 0.6) is 0 Å². The molecule has 0 aliphatic carbocycles. The van der Waals surface area contributed by atoms with Crippen LogP contribution in [0, 0.1) is 13.8 Å². The SMILES string of the molecule is CCS(=O)(=O)CCNC(=O)c1ccc(NS(=O)(=O)c2ccc(C)c(C)c2)cc1. The molecule has 0 bridgehead atoms. The number of hydrogen-bond acceptors (Lipinski definition) is 5. The van der Waals surface area contributed by atoms with Gasteiger partial charge in [-0.2, -0.15) is 0 Å². The lowest BCUT2D eigenvalue weighted by atomic mass is 10.1. The van der Waals surface area contributed by atoms with Gasteiger partial charge in [-0.3, -0.25) is 9.52 Å². The van der Waals surface area contributed by atoms with E-state index in [-0.39, 0.29) is 22.9 Å². The van der Waals surface area contributed by atoms with Crippen LogP contribution in [0.3, 0.4) is 0 Å². The van der Waals surface area contributed by atoms with Crippen molar-refractivity contribution in [3.05, 3.63) is 59.2 Å². The van der Waals surface area contributed by atoms with E-state index in [0.717, 1.165) is 11.1 Å². The number of aryl methyl sites for hydroxylation is 2. The molecule has 0 spiro atoms. The van der Waals surface area contributed by atoms with E-state index in [9.17, 15) is 21.6 Å². The standard InChI is InChI=1S/C19H24N2O5S2/c1-4-27(23,24)12-11-20-19(22)16-6-8-17(9-7-16)21-28(25,26)18-10-5-14(2)15(3)13-18/h5-10,13,21H,4,11-12H2,1-3H3,(H,20,22). The average molecular weight is 425 g/mol. The summed E-state index contributed by atoms with van der Waals surface area (Å²) in [5.41, 5.74) is 2.51. The first-order valence-electron chi connectivity index (χ1n) is 8.73. The first kappa shape index (κ1) is 21.9. The fraction of sp³-hybridized carbons (Fsp3) is 0.316. The molecule has 0 aromatic heterocycles. The van der Waals surface area contributed by atoms with E-state index in [1.807, 2.05) is 13.8 Å². The minimum atomic E-state index is -3.74. The fourth-order valence-electron chi connectivity index (χ4n) is 2.35. The molecule has 0 heterocycles. The van der Waals surface area contributed by atoms with E-state index < -0.39 is 25.8 Å². The Hall–Kier alpha value is -2.39. The number of benzene rings is 2. The summed E-state index contributed by atoms with van der Waals surface area (Å²) in [5, 5.41) is 2.54. The lowest BCUT2D eigenvalue weighted by Crippen LogP contribution is -2.29. The highest BCUT2D eigenvalue weighted by molar-refractivity contribution is 7.92. The number of sulfonamides is 1. The van der Waals surface area contributed by atoms with Crippen molar-refractivity contribution in [1.29, 1.82) is 0 Å². The molecule has 0 fully saturated rings. The molecule has 28 heavy (non-hydrogen) atoms.